The van der Waals surface area contributed by atoms with Crippen LogP contribution in [0.25, 0.3) is 10.9 Å². The quantitative estimate of drug-likeness (QED) is 0.615. The van der Waals surface area contributed by atoms with E-state index in [1.165, 1.54) is 48.8 Å². The van der Waals surface area contributed by atoms with Gasteiger partial charge in [0.25, 0.3) is 0 Å². The molecule has 1 aromatic heterocycles. The molecular weight excluding hydrogens is 336 g/mol. The smallest absolute Gasteiger partial charge is 0.120 e. The third-order valence-electron chi connectivity index (χ3n) is 5.35. The van der Waals surface area contributed by atoms with Gasteiger partial charge in [0.15, 0.2) is 0 Å². The Morgan fingerprint density at radius 2 is 1.81 bits per heavy atom. The summed E-state index contributed by atoms with van der Waals surface area (Å²) in [6.45, 7) is 5.05. The number of nitrogens with zero attached hydrogens (tertiary/aromatic N) is 2. The zero-order valence-electron chi connectivity index (χ0n) is 16.1. The monoisotopic (exact) mass is 364 g/mol. The highest BCUT2D eigenvalue weighted by Gasteiger charge is 2.10. The lowest BCUT2D eigenvalue weighted by Gasteiger charge is -2.26. The Kier molecular flexibility index (Phi) is 5.64. The van der Waals surface area contributed by atoms with Crippen LogP contribution in [-0.4, -0.2) is 42.8 Å². The first kappa shape index (κ1) is 17.9. The maximum atomic E-state index is 6.01. The van der Waals surface area contributed by atoms with Gasteiger partial charge >= 0.3 is 0 Å². The zero-order chi connectivity index (χ0) is 18.5. The van der Waals surface area contributed by atoms with Gasteiger partial charge in [0, 0.05) is 30.2 Å². The number of hydrogen-bond donors (Lipinski definition) is 0. The predicted molar refractivity (Wildman–Crippen MR) is 110 cm³/mol. The number of fused-ring (bicyclic) bond motifs is 1. The van der Waals surface area contributed by atoms with Crippen molar-refractivity contribution in [2.24, 2.45) is 0 Å². The molecular formula is C23H28N2O2. The molecule has 0 unspecified atom stereocenters. The topological polar surface area (TPSA) is 26.6 Å². The highest BCUT2D eigenvalue weighted by molar-refractivity contribution is 5.81. The fourth-order valence-electron chi connectivity index (χ4n) is 3.85. The molecule has 2 heterocycles. The summed E-state index contributed by atoms with van der Waals surface area (Å²) in [5, 5.41) is 1.22. The summed E-state index contributed by atoms with van der Waals surface area (Å²) >= 11 is 0. The maximum Gasteiger partial charge on any atom is 0.120 e. The van der Waals surface area contributed by atoms with Gasteiger partial charge in [-0.3, -0.25) is 4.90 Å². The Balaban J connectivity index is 1.40. The normalized spacial score (nSPS) is 15.1. The molecule has 0 radical (unpaired) electrons. The van der Waals surface area contributed by atoms with E-state index in [0.29, 0.717) is 0 Å². The van der Waals surface area contributed by atoms with E-state index in [-0.39, 0.29) is 0 Å². The number of benzene rings is 2. The standard InChI is InChI=1S/C23H28N2O2/c1-26-21-7-5-6-19(16-21)18-25-13-10-20-17-22(8-9-23(20)25)27-15-14-24-11-3-2-4-12-24/h5-10,13,16-17H,2-4,11-12,14-15,18H2,1H3. The molecule has 0 atom stereocenters. The van der Waals surface area contributed by atoms with Gasteiger partial charge in [0.1, 0.15) is 18.1 Å². The summed E-state index contributed by atoms with van der Waals surface area (Å²) in [5.41, 5.74) is 2.45. The molecule has 0 aliphatic carbocycles. The molecule has 4 heteroatoms. The second-order valence-electron chi connectivity index (χ2n) is 7.27. The van der Waals surface area contributed by atoms with Crippen molar-refractivity contribution in [2.75, 3.05) is 33.4 Å². The summed E-state index contributed by atoms with van der Waals surface area (Å²) in [4.78, 5) is 2.51. The first-order chi connectivity index (χ1) is 13.3. The van der Waals surface area contributed by atoms with Crippen molar-refractivity contribution in [3.63, 3.8) is 0 Å². The number of piperidine rings is 1. The molecule has 142 valence electrons. The molecule has 0 spiro atoms. The number of likely N-dealkylation sites (tertiary alicyclic amines) is 1. The molecule has 1 fully saturated rings. The van der Waals surface area contributed by atoms with Crippen LogP contribution in [-0.2, 0) is 6.54 Å². The van der Waals surface area contributed by atoms with Gasteiger partial charge in [0.05, 0.1) is 7.11 Å². The van der Waals surface area contributed by atoms with Crippen LogP contribution < -0.4 is 9.47 Å². The molecule has 1 aliphatic heterocycles. The highest BCUT2D eigenvalue weighted by Crippen LogP contribution is 2.24. The van der Waals surface area contributed by atoms with Crippen LogP contribution >= 0.6 is 0 Å². The lowest BCUT2D eigenvalue weighted by atomic mass is 10.1. The van der Waals surface area contributed by atoms with E-state index in [9.17, 15) is 0 Å². The van der Waals surface area contributed by atoms with E-state index in [2.05, 4.69) is 52.1 Å². The van der Waals surface area contributed by atoms with E-state index in [1.807, 2.05) is 12.1 Å². The first-order valence-corrected chi connectivity index (χ1v) is 9.89. The molecule has 3 aromatic rings. The maximum absolute atomic E-state index is 6.01. The molecule has 1 aliphatic rings. The lowest BCUT2D eigenvalue weighted by Crippen LogP contribution is -2.33. The van der Waals surface area contributed by atoms with Gasteiger partial charge < -0.3 is 14.0 Å². The minimum atomic E-state index is 0.760. The molecule has 4 rings (SSSR count). The van der Waals surface area contributed by atoms with Crippen molar-refractivity contribution < 1.29 is 9.47 Å². The Labute approximate surface area is 161 Å². The van der Waals surface area contributed by atoms with Crippen molar-refractivity contribution in [3.05, 3.63) is 60.3 Å². The average molecular weight is 364 g/mol. The minimum Gasteiger partial charge on any atom is -0.497 e. The van der Waals surface area contributed by atoms with E-state index < -0.39 is 0 Å². The number of hydrogen-bond acceptors (Lipinski definition) is 3. The van der Waals surface area contributed by atoms with E-state index in [4.69, 9.17) is 9.47 Å². The van der Waals surface area contributed by atoms with Crippen molar-refractivity contribution in [2.45, 2.75) is 25.8 Å². The molecule has 0 bridgehead atoms. The van der Waals surface area contributed by atoms with Crippen LogP contribution in [0, 0.1) is 0 Å². The van der Waals surface area contributed by atoms with E-state index >= 15 is 0 Å². The van der Waals surface area contributed by atoms with Crippen molar-refractivity contribution >= 4 is 10.9 Å². The van der Waals surface area contributed by atoms with E-state index in [0.717, 1.165) is 31.2 Å². The van der Waals surface area contributed by atoms with Gasteiger partial charge in [-0.25, -0.2) is 0 Å². The Hall–Kier alpha value is -2.46. The molecule has 2 aromatic carbocycles. The van der Waals surface area contributed by atoms with Crippen molar-refractivity contribution in [1.29, 1.82) is 0 Å². The molecule has 27 heavy (non-hydrogen) atoms. The fraction of sp³-hybridized carbons (Fsp3) is 0.391. The minimum absolute atomic E-state index is 0.760. The Morgan fingerprint density at radius 3 is 2.67 bits per heavy atom. The largest absolute Gasteiger partial charge is 0.497 e. The van der Waals surface area contributed by atoms with E-state index in [1.54, 1.807) is 7.11 Å². The van der Waals surface area contributed by atoms with Crippen molar-refractivity contribution in [1.82, 2.24) is 9.47 Å². The molecule has 0 amide bonds. The predicted octanol–water partition coefficient (Wildman–Crippen LogP) is 4.56. The number of rotatable bonds is 7. The van der Waals surface area contributed by atoms with Crippen LogP contribution in [0.2, 0.25) is 0 Å². The number of ether oxygens (including phenoxy) is 2. The third kappa shape index (κ3) is 4.45. The molecule has 4 nitrogen and oxygen atoms in total. The van der Waals surface area contributed by atoms with Crippen molar-refractivity contribution in [3.8, 4) is 11.5 Å². The van der Waals surface area contributed by atoms with Gasteiger partial charge in [-0.15, -0.1) is 0 Å². The SMILES string of the molecule is COc1cccc(Cn2ccc3cc(OCCN4CCCCC4)ccc32)c1. The highest BCUT2D eigenvalue weighted by atomic mass is 16.5. The summed E-state index contributed by atoms with van der Waals surface area (Å²) in [6, 6.07) is 16.8. The van der Waals surface area contributed by atoms with Crippen LogP contribution in [0.4, 0.5) is 0 Å². The Morgan fingerprint density at radius 1 is 0.926 bits per heavy atom. The molecule has 1 saturated heterocycles. The second-order valence-corrected chi connectivity index (χ2v) is 7.27. The van der Waals surface area contributed by atoms with Crippen LogP contribution in [0.15, 0.2) is 54.7 Å². The zero-order valence-corrected chi connectivity index (χ0v) is 16.1. The van der Waals surface area contributed by atoms with Crippen LogP contribution in [0.5, 0.6) is 11.5 Å². The summed E-state index contributed by atoms with van der Waals surface area (Å²) in [5.74, 6) is 1.85. The molecule has 0 N–H and O–H groups in total. The average Bonchev–Trinajstić information content (AvgIpc) is 3.11. The van der Waals surface area contributed by atoms with Gasteiger partial charge in [-0.05, 0) is 67.9 Å². The fourth-order valence-corrected chi connectivity index (χ4v) is 3.85. The molecule has 0 saturated carbocycles. The Bertz CT molecular complexity index is 881. The third-order valence-corrected chi connectivity index (χ3v) is 5.35. The number of aromatic nitrogens is 1. The second kappa shape index (κ2) is 8.49. The summed E-state index contributed by atoms with van der Waals surface area (Å²) < 4.78 is 13.6. The number of methoxy groups -OCH3 is 1. The van der Waals surface area contributed by atoms with Gasteiger partial charge in [-0.2, -0.15) is 0 Å². The van der Waals surface area contributed by atoms with Crippen LogP contribution in [0.3, 0.4) is 0 Å². The van der Waals surface area contributed by atoms with Crippen LogP contribution in [0.1, 0.15) is 24.8 Å². The first-order valence-electron chi connectivity index (χ1n) is 9.89. The summed E-state index contributed by atoms with van der Waals surface area (Å²) in [7, 11) is 1.71. The lowest BCUT2D eigenvalue weighted by molar-refractivity contribution is 0.183. The van der Waals surface area contributed by atoms with Gasteiger partial charge in [-0.1, -0.05) is 18.6 Å². The van der Waals surface area contributed by atoms with Gasteiger partial charge in [0.2, 0.25) is 0 Å². The summed E-state index contributed by atoms with van der Waals surface area (Å²) in [6.07, 6.45) is 6.17.